The summed E-state index contributed by atoms with van der Waals surface area (Å²) in [5, 5.41) is 0.359. The summed E-state index contributed by atoms with van der Waals surface area (Å²) in [6.07, 6.45) is -0.00685. The molecule has 0 spiro atoms. The summed E-state index contributed by atoms with van der Waals surface area (Å²) in [4.78, 5) is 0.205. The Bertz CT molecular complexity index is 755. The first-order valence-corrected chi connectivity index (χ1v) is 8.70. The van der Waals surface area contributed by atoms with Crippen LogP contribution >= 0.6 is 11.6 Å². The number of anilines is 1. The molecule has 0 heterocycles. The van der Waals surface area contributed by atoms with Gasteiger partial charge in [-0.1, -0.05) is 29.3 Å². The number of hydrogen-bond acceptors (Lipinski definition) is 3. The molecule has 6 heteroatoms. The number of ether oxygens (including phenoxy) is 1. The van der Waals surface area contributed by atoms with Crippen LogP contribution in [0, 0.1) is 6.92 Å². The molecule has 4 nitrogen and oxygen atoms in total. The highest BCUT2D eigenvalue weighted by atomic mass is 35.5. The zero-order chi connectivity index (χ0) is 16.3. The first-order valence-electron chi connectivity index (χ1n) is 6.83. The second kappa shape index (κ2) is 6.58. The van der Waals surface area contributed by atoms with E-state index in [0.717, 1.165) is 5.56 Å². The van der Waals surface area contributed by atoms with Crippen LogP contribution in [0.25, 0.3) is 0 Å². The van der Waals surface area contributed by atoms with E-state index in [9.17, 15) is 8.42 Å². The highest BCUT2D eigenvalue weighted by Gasteiger charge is 2.15. The predicted molar refractivity (Wildman–Crippen MR) is 89.2 cm³/mol. The lowest BCUT2D eigenvalue weighted by atomic mass is 10.2. The lowest BCUT2D eigenvalue weighted by Gasteiger charge is -2.13. The Morgan fingerprint density at radius 2 is 1.73 bits per heavy atom. The smallest absolute Gasteiger partial charge is 0.261 e. The molecule has 2 aromatic rings. The molecule has 0 aliphatic carbocycles. The van der Waals surface area contributed by atoms with Gasteiger partial charge in [-0.2, -0.15) is 0 Å². The van der Waals surface area contributed by atoms with Crippen LogP contribution < -0.4 is 9.46 Å². The molecule has 22 heavy (non-hydrogen) atoms. The number of aryl methyl sites for hydroxylation is 1. The summed E-state index contributed by atoms with van der Waals surface area (Å²) in [6.45, 7) is 5.69. The van der Waals surface area contributed by atoms with Gasteiger partial charge in [0.05, 0.1) is 21.7 Å². The zero-order valence-corrected chi connectivity index (χ0v) is 14.2. The molecule has 2 aromatic carbocycles. The number of benzene rings is 2. The molecule has 0 bridgehead atoms. The van der Waals surface area contributed by atoms with Crippen LogP contribution in [0.2, 0.25) is 5.02 Å². The quantitative estimate of drug-likeness (QED) is 0.886. The average Bonchev–Trinajstić information content (AvgIpc) is 2.41. The minimum Gasteiger partial charge on any atom is -0.489 e. The second-order valence-corrected chi connectivity index (χ2v) is 7.32. The molecule has 0 amide bonds. The normalized spacial score (nSPS) is 11.5. The van der Waals surface area contributed by atoms with Crippen molar-refractivity contribution in [3.63, 3.8) is 0 Å². The molecule has 0 aliphatic heterocycles. The van der Waals surface area contributed by atoms with Crippen LogP contribution in [0.15, 0.2) is 47.4 Å². The van der Waals surface area contributed by atoms with E-state index in [1.807, 2.05) is 20.8 Å². The van der Waals surface area contributed by atoms with Gasteiger partial charge >= 0.3 is 0 Å². The lowest BCUT2D eigenvalue weighted by molar-refractivity contribution is 0.242. The lowest BCUT2D eigenvalue weighted by Crippen LogP contribution is -2.13. The van der Waals surface area contributed by atoms with Crippen molar-refractivity contribution in [3.8, 4) is 5.75 Å². The molecule has 1 N–H and O–H groups in total. The van der Waals surface area contributed by atoms with Gasteiger partial charge in [0, 0.05) is 0 Å². The van der Waals surface area contributed by atoms with Crippen molar-refractivity contribution in [2.45, 2.75) is 31.8 Å². The topological polar surface area (TPSA) is 55.4 Å². The molecule has 0 atom stereocenters. The summed E-state index contributed by atoms with van der Waals surface area (Å²) in [5.74, 6) is 0.523. The molecule has 0 radical (unpaired) electrons. The van der Waals surface area contributed by atoms with Gasteiger partial charge in [0.2, 0.25) is 0 Å². The van der Waals surface area contributed by atoms with Gasteiger partial charge in [0.15, 0.2) is 0 Å². The summed E-state index contributed by atoms with van der Waals surface area (Å²) >= 11 is 6.11. The largest absolute Gasteiger partial charge is 0.489 e. The predicted octanol–water partition coefficient (Wildman–Crippen LogP) is 4.24. The van der Waals surface area contributed by atoms with Crippen molar-refractivity contribution < 1.29 is 13.2 Å². The van der Waals surface area contributed by atoms with Gasteiger partial charge < -0.3 is 4.74 Å². The molecule has 0 fully saturated rings. The molecule has 0 unspecified atom stereocenters. The van der Waals surface area contributed by atoms with E-state index in [4.69, 9.17) is 16.3 Å². The fourth-order valence-electron chi connectivity index (χ4n) is 1.85. The van der Waals surface area contributed by atoms with Crippen molar-refractivity contribution in [3.05, 3.63) is 53.1 Å². The van der Waals surface area contributed by atoms with Crippen molar-refractivity contribution in [2.75, 3.05) is 4.72 Å². The fourth-order valence-corrected chi connectivity index (χ4v) is 3.12. The van der Waals surface area contributed by atoms with Crippen LogP contribution in [-0.4, -0.2) is 14.5 Å². The molecule has 0 saturated carbocycles. The third-order valence-electron chi connectivity index (χ3n) is 2.88. The van der Waals surface area contributed by atoms with Crippen molar-refractivity contribution in [1.29, 1.82) is 0 Å². The van der Waals surface area contributed by atoms with E-state index in [2.05, 4.69) is 4.72 Å². The zero-order valence-electron chi connectivity index (χ0n) is 12.6. The first kappa shape index (κ1) is 16.6. The summed E-state index contributed by atoms with van der Waals surface area (Å²) in [5.41, 5.74) is 1.39. The number of sulfonamides is 1. The first-order chi connectivity index (χ1) is 10.3. The standard InChI is InChI=1S/C16H18ClNO3S/c1-11(2)21-16-9-6-13(10-15(16)17)18-22(19,20)14-7-4-12(3)5-8-14/h4-11,18H,1-3H3. The van der Waals surface area contributed by atoms with Gasteiger partial charge in [0.1, 0.15) is 5.75 Å². The van der Waals surface area contributed by atoms with Crippen LogP contribution in [0.4, 0.5) is 5.69 Å². The summed E-state index contributed by atoms with van der Waals surface area (Å²) < 4.78 is 32.6. The van der Waals surface area contributed by atoms with E-state index >= 15 is 0 Å². The molecule has 2 rings (SSSR count). The molecule has 0 saturated heterocycles. The third-order valence-corrected chi connectivity index (χ3v) is 4.57. The molecule has 118 valence electrons. The number of hydrogen-bond donors (Lipinski definition) is 1. The Balaban J connectivity index is 2.23. The Morgan fingerprint density at radius 3 is 2.27 bits per heavy atom. The van der Waals surface area contributed by atoms with Gasteiger partial charge in [-0.25, -0.2) is 8.42 Å². The van der Waals surface area contributed by atoms with Crippen molar-refractivity contribution in [1.82, 2.24) is 0 Å². The van der Waals surface area contributed by atoms with Crippen molar-refractivity contribution in [2.24, 2.45) is 0 Å². The van der Waals surface area contributed by atoms with Crippen LogP contribution in [0.5, 0.6) is 5.75 Å². The van der Waals surface area contributed by atoms with Gasteiger partial charge in [-0.05, 0) is 51.1 Å². The second-order valence-electron chi connectivity index (χ2n) is 5.23. The summed E-state index contributed by atoms with van der Waals surface area (Å²) in [7, 11) is -3.63. The number of rotatable bonds is 5. The van der Waals surface area contributed by atoms with Gasteiger partial charge in [-0.3, -0.25) is 4.72 Å². The number of halogens is 1. The van der Waals surface area contributed by atoms with Crippen LogP contribution in [-0.2, 0) is 10.0 Å². The minimum absolute atomic E-state index is 0.00685. The molecular weight excluding hydrogens is 322 g/mol. The monoisotopic (exact) mass is 339 g/mol. The maximum atomic E-state index is 12.3. The van der Waals surface area contributed by atoms with Crippen molar-refractivity contribution >= 4 is 27.3 Å². The van der Waals surface area contributed by atoms with Crippen LogP contribution in [0.1, 0.15) is 19.4 Å². The molecule has 0 aliphatic rings. The van der Waals surface area contributed by atoms with E-state index in [-0.39, 0.29) is 11.0 Å². The SMILES string of the molecule is Cc1ccc(S(=O)(=O)Nc2ccc(OC(C)C)c(Cl)c2)cc1. The Morgan fingerprint density at radius 1 is 1.09 bits per heavy atom. The minimum atomic E-state index is -3.63. The maximum absolute atomic E-state index is 12.3. The highest BCUT2D eigenvalue weighted by Crippen LogP contribution is 2.29. The van der Waals surface area contributed by atoms with Crippen LogP contribution in [0.3, 0.4) is 0 Å². The Kier molecular flexibility index (Phi) is 4.98. The average molecular weight is 340 g/mol. The van der Waals surface area contributed by atoms with E-state index in [1.165, 1.54) is 6.07 Å². The third kappa shape index (κ3) is 4.15. The van der Waals surface area contributed by atoms with Gasteiger partial charge in [0.25, 0.3) is 10.0 Å². The van der Waals surface area contributed by atoms with E-state index in [1.54, 1.807) is 36.4 Å². The molecular formula is C16H18ClNO3S. The maximum Gasteiger partial charge on any atom is 0.261 e. The fraction of sp³-hybridized carbons (Fsp3) is 0.250. The van der Waals surface area contributed by atoms with E-state index < -0.39 is 10.0 Å². The van der Waals surface area contributed by atoms with E-state index in [0.29, 0.717) is 16.5 Å². The summed E-state index contributed by atoms with van der Waals surface area (Å²) in [6, 6.07) is 11.4. The molecule has 0 aromatic heterocycles. The Hall–Kier alpha value is -1.72. The van der Waals surface area contributed by atoms with Gasteiger partial charge in [-0.15, -0.1) is 0 Å². The number of nitrogens with one attached hydrogen (secondary N) is 1. The highest BCUT2D eigenvalue weighted by molar-refractivity contribution is 7.92. The Labute approximate surface area is 136 Å².